The van der Waals surface area contributed by atoms with Gasteiger partial charge in [0.05, 0.1) is 19.3 Å². The summed E-state index contributed by atoms with van der Waals surface area (Å²) in [6.45, 7) is -0.599. The lowest BCUT2D eigenvalue weighted by molar-refractivity contribution is -0.277. The minimum absolute atomic E-state index is 0.0890. The van der Waals surface area contributed by atoms with Crippen molar-refractivity contribution in [2.45, 2.75) is 30.7 Å². The van der Waals surface area contributed by atoms with Crippen LogP contribution in [-0.2, 0) is 9.47 Å². The number of esters is 1. The van der Waals surface area contributed by atoms with Crippen LogP contribution in [0.4, 0.5) is 0 Å². The highest BCUT2D eigenvalue weighted by Crippen LogP contribution is 2.31. The molecular formula is C14H18O9. The zero-order chi connectivity index (χ0) is 17.1. The highest BCUT2D eigenvalue weighted by atomic mass is 16.7. The molecule has 0 saturated carbocycles. The third-order valence-electron chi connectivity index (χ3n) is 3.47. The predicted octanol–water partition coefficient (Wildman–Crippen LogP) is -1.64. The van der Waals surface area contributed by atoms with Gasteiger partial charge in [0.1, 0.15) is 24.4 Å². The molecule has 1 fully saturated rings. The van der Waals surface area contributed by atoms with Crippen molar-refractivity contribution in [2.75, 3.05) is 13.7 Å². The number of phenols is 1. The normalized spacial score (nSPS) is 30.7. The summed E-state index contributed by atoms with van der Waals surface area (Å²) in [5, 5.41) is 48.2. The van der Waals surface area contributed by atoms with Gasteiger partial charge in [0.15, 0.2) is 11.5 Å². The number of ether oxygens (including phenoxy) is 3. The number of carbonyl (C=O) groups is 1. The fourth-order valence-electron chi connectivity index (χ4n) is 2.15. The predicted molar refractivity (Wildman–Crippen MR) is 73.8 cm³/mol. The number of phenolic OH excluding ortho intramolecular Hbond substituents is 1. The molecule has 1 saturated heterocycles. The van der Waals surface area contributed by atoms with E-state index in [2.05, 4.69) is 4.74 Å². The smallest absolute Gasteiger partial charge is 0.337 e. The zero-order valence-electron chi connectivity index (χ0n) is 12.2. The Bertz CT molecular complexity index is 559. The van der Waals surface area contributed by atoms with Crippen LogP contribution in [0.5, 0.6) is 11.5 Å². The van der Waals surface area contributed by atoms with E-state index in [-0.39, 0.29) is 11.3 Å². The lowest BCUT2D eigenvalue weighted by atomic mass is 9.99. The van der Waals surface area contributed by atoms with Crippen molar-refractivity contribution < 1.29 is 44.5 Å². The maximum atomic E-state index is 11.4. The van der Waals surface area contributed by atoms with Gasteiger partial charge in [-0.15, -0.1) is 0 Å². The molecule has 9 nitrogen and oxygen atoms in total. The van der Waals surface area contributed by atoms with Gasteiger partial charge in [-0.05, 0) is 18.2 Å². The van der Waals surface area contributed by atoms with Crippen LogP contribution < -0.4 is 4.74 Å². The van der Waals surface area contributed by atoms with Crippen molar-refractivity contribution in [3.05, 3.63) is 23.8 Å². The highest BCUT2D eigenvalue weighted by Gasteiger charge is 2.44. The fraction of sp³-hybridized carbons (Fsp3) is 0.500. The molecule has 0 unspecified atom stereocenters. The first kappa shape index (κ1) is 17.4. The van der Waals surface area contributed by atoms with E-state index in [1.165, 1.54) is 19.2 Å². The van der Waals surface area contributed by atoms with Gasteiger partial charge in [-0.2, -0.15) is 0 Å². The van der Waals surface area contributed by atoms with Crippen LogP contribution in [0.2, 0.25) is 0 Å². The Kier molecular flexibility index (Phi) is 5.39. The van der Waals surface area contributed by atoms with Gasteiger partial charge in [0, 0.05) is 0 Å². The molecule has 5 N–H and O–H groups in total. The summed E-state index contributed by atoms with van der Waals surface area (Å²) < 4.78 is 14.9. The van der Waals surface area contributed by atoms with Gasteiger partial charge < -0.3 is 39.7 Å². The molecule has 2 rings (SSSR count). The molecule has 0 spiro atoms. The molecule has 1 heterocycles. The van der Waals surface area contributed by atoms with Crippen molar-refractivity contribution in [1.82, 2.24) is 0 Å². The number of benzene rings is 1. The summed E-state index contributed by atoms with van der Waals surface area (Å²) in [4.78, 5) is 11.4. The topological polar surface area (TPSA) is 146 Å². The van der Waals surface area contributed by atoms with E-state index in [9.17, 15) is 25.2 Å². The molecule has 1 aromatic rings. The monoisotopic (exact) mass is 330 g/mol. The van der Waals surface area contributed by atoms with Crippen LogP contribution in [0, 0.1) is 0 Å². The molecule has 128 valence electrons. The Labute approximate surface area is 131 Å². The van der Waals surface area contributed by atoms with Gasteiger partial charge in [-0.25, -0.2) is 4.79 Å². The van der Waals surface area contributed by atoms with Gasteiger partial charge in [-0.1, -0.05) is 0 Å². The van der Waals surface area contributed by atoms with Gasteiger partial charge in [-0.3, -0.25) is 0 Å². The van der Waals surface area contributed by atoms with Gasteiger partial charge >= 0.3 is 5.97 Å². The van der Waals surface area contributed by atoms with E-state index in [0.717, 1.165) is 6.07 Å². The summed E-state index contributed by atoms with van der Waals surface area (Å²) in [7, 11) is 1.19. The summed E-state index contributed by atoms with van der Waals surface area (Å²) in [5.41, 5.74) is 0.0890. The molecule has 9 heteroatoms. The van der Waals surface area contributed by atoms with Crippen molar-refractivity contribution in [2.24, 2.45) is 0 Å². The first-order chi connectivity index (χ1) is 10.9. The van der Waals surface area contributed by atoms with Crippen molar-refractivity contribution >= 4 is 5.97 Å². The molecule has 0 radical (unpaired) electrons. The van der Waals surface area contributed by atoms with E-state index in [4.69, 9.17) is 14.6 Å². The van der Waals surface area contributed by atoms with E-state index in [0.29, 0.717) is 0 Å². The standard InChI is InChI=1S/C14H18O9/c1-21-13(20)6-2-3-8(7(16)4-6)22-14-12(19)11(18)10(17)9(5-15)23-14/h2-4,9-12,14-19H,5H2,1H3/t9-,10-,11+,12-,14-/m1/s1. The molecule has 1 aliphatic heterocycles. The van der Waals surface area contributed by atoms with Crippen LogP contribution in [0.3, 0.4) is 0 Å². The summed E-state index contributed by atoms with van der Waals surface area (Å²) in [5.74, 6) is -1.19. The lowest BCUT2D eigenvalue weighted by Crippen LogP contribution is -2.60. The molecule has 5 atom stereocenters. The number of hydrogen-bond donors (Lipinski definition) is 5. The number of aliphatic hydroxyl groups excluding tert-OH is 4. The molecule has 1 aromatic carbocycles. The Morgan fingerprint density at radius 2 is 1.91 bits per heavy atom. The average Bonchev–Trinajstić information content (AvgIpc) is 2.56. The van der Waals surface area contributed by atoms with Crippen molar-refractivity contribution in [3.8, 4) is 11.5 Å². The molecule has 0 aromatic heterocycles. The Morgan fingerprint density at radius 1 is 1.22 bits per heavy atom. The van der Waals surface area contributed by atoms with E-state index in [1.807, 2.05) is 0 Å². The molecule has 0 bridgehead atoms. The van der Waals surface area contributed by atoms with E-state index >= 15 is 0 Å². The molecule has 1 aliphatic rings. The maximum absolute atomic E-state index is 11.4. The van der Waals surface area contributed by atoms with Gasteiger partial charge in [0.2, 0.25) is 6.29 Å². The van der Waals surface area contributed by atoms with Crippen LogP contribution in [0.1, 0.15) is 10.4 Å². The van der Waals surface area contributed by atoms with Gasteiger partial charge in [0.25, 0.3) is 0 Å². The second-order valence-electron chi connectivity index (χ2n) is 4.99. The van der Waals surface area contributed by atoms with Crippen LogP contribution in [-0.4, -0.2) is 75.9 Å². The molecule has 0 aliphatic carbocycles. The fourth-order valence-corrected chi connectivity index (χ4v) is 2.15. The average molecular weight is 330 g/mol. The number of methoxy groups -OCH3 is 1. The first-order valence-electron chi connectivity index (χ1n) is 6.77. The minimum Gasteiger partial charge on any atom is -0.504 e. The SMILES string of the molecule is COC(=O)c1ccc(O[C@@H]2O[C@H](CO)[C@@H](O)[C@H](O)[C@H]2O)c(O)c1. The minimum atomic E-state index is -1.60. The summed E-state index contributed by atoms with van der Waals surface area (Å²) >= 11 is 0. The molecular weight excluding hydrogens is 312 g/mol. The number of hydrogen-bond acceptors (Lipinski definition) is 9. The number of carbonyl (C=O) groups excluding carboxylic acids is 1. The largest absolute Gasteiger partial charge is 0.504 e. The third kappa shape index (κ3) is 3.54. The van der Waals surface area contributed by atoms with Crippen molar-refractivity contribution in [1.29, 1.82) is 0 Å². The summed E-state index contributed by atoms with van der Waals surface area (Å²) in [6.07, 6.45) is -7.27. The Hall–Kier alpha value is -1.91. The number of rotatable bonds is 4. The second kappa shape index (κ2) is 7.11. The van der Waals surface area contributed by atoms with Crippen LogP contribution >= 0.6 is 0 Å². The highest BCUT2D eigenvalue weighted by molar-refractivity contribution is 5.90. The lowest BCUT2D eigenvalue weighted by Gasteiger charge is -2.39. The zero-order valence-corrected chi connectivity index (χ0v) is 12.2. The quantitative estimate of drug-likeness (QED) is 0.410. The maximum Gasteiger partial charge on any atom is 0.337 e. The summed E-state index contributed by atoms with van der Waals surface area (Å²) in [6, 6.07) is 3.68. The molecule has 0 amide bonds. The van der Waals surface area contributed by atoms with Crippen LogP contribution in [0.25, 0.3) is 0 Å². The van der Waals surface area contributed by atoms with Crippen molar-refractivity contribution in [3.63, 3.8) is 0 Å². The molecule has 23 heavy (non-hydrogen) atoms. The van der Waals surface area contributed by atoms with E-state index in [1.54, 1.807) is 0 Å². The van der Waals surface area contributed by atoms with Crippen LogP contribution in [0.15, 0.2) is 18.2 Å². The second-order valence-corrected chi connectivity index (χ2v) is 4.99. The van der Waals surface area contributed by atoms with E-state index < -0.39 is 49.0 Å². The number of aliphatic hydroxyl groups is 4. The first-order valence-corrected chi connectivity index (χ1v) is 6.77. The Morgan fingerprint density at radius 3 is 2.48 bits per heavy atom. The third-order valence-corrected chi connectivity index (χ3v) is 3.47. The number of aromatic hydroxyl groups is 1. The Balaban J connectivity index is 2.16.